The molecular weight excluding hydrogens is 927 g/mol. The molecular formula is C51H68N9O8SSi. The van der Waals surface area contributed by atoms with Crippen LogP contribution in [0.5, 0.6) is 0 Å². The number of carbonyl (C=O) groups excluding carboxylic acids is 5. The number of piperidine rings is 1. The van der Waals surface area contributed by atoms with Gasteiger partial charge in [-0.2, -0.15) is 0 Å². The molecule has 4 aliphatic rings. The fourth-order valence-corrected chi connectivity index (χ4v) is 13.6. The van der Waals surface area contributed by atoms with E-state index in [4.69, 9.17) is 24.2 Å². The fourth-order valence-electron chi connectivity index (χ4n) is 10.5. The minimum atomic E-state index is -2.50. The summed E-state index contributed by atoms with van der Waals surface area (Å²) in [5, 5.41) is 5.20. The molecule has 6 bridgehead atoms. The number of nitrogens with zero attached hydrogens (tertiary/aromatic N) is 7. The molecule has 0 saturated carbocycles. The van der Waals surface area contributed by atoms with Crippen LogP contribution in [0.4, 0.5) is 9.59 Å². The van der Waals surface area contributed by atoms with Gasteiger partial charge < -0.3 is 38.5 Å². The Morgan fingerprint density at radius 2 is 1.89 bits per heavy atom. The number of fused-ring (bicyclic) bond motifs is 6. The lowest BCUT2D eigenvalue weighted by molar-refractivity contribution is -0.154. The summed E-state index contributed by atoms with van der Waals surface area (Å²) in [6.07, 6.45) is 5.54. The van der Waals surface area contributed by atoms with Gasteiger partial charge in [0, 0.05) is 91.9 Å². The predicted molar refractivity (Wildman–Crippen MR) is 270 cm³/mol. The molecule has 7 heterocycles. The summed E-state index contributed by atoms with van der Waals surface area (Å²) in [5.74, 6) is -1.32. The van der Waals surface area contributed by atoms with Crippen LogP contribution in [-0.2, 0) is 47.6 Å². The number of thiazole rings is 1. The number of hydrogen-bond donors (Lipinski definition) is 2. The summed E-state index contributed by atoms with van der Waals surface area (Å²) in [6, 6.07) is 8.65. The number of hydrogen-bond acceptors (Lipinski definition) is 12. The highest BCUT2D eigenvalue weighted by Crippen LogP contribution is 2.42. The number of aryl methyl sites for hydroxylation is 1. The van der Waals surface area contributed by atoms with E-state index >= 15 is 0 Å². The molecule has 375 valence electrons. The Labute approximate surface area is 416 Å². The van der Waals surface area contributed by atoms with E-state index in [0.717, 1.165) is 44.7 Å². The largest absolute Gasteiger partial charge is 0.464 e. The number of urea groups is 1. The molecule has 4 aromatic rings. The van der Waals surface area contributed by atoms with Crippen molar-refractivity contribution in [3.8, 4) is 22.5 Å². The maximum absolute atomic E-state index is 14.8. The zero-order valence-corrected chi connectivity index (χ0v) is 43.7. The van der Waals surface area contributed by atoms with Gasteiger partial charge in [0.25, 0.3) is 8.96 Å². The molecule has 3 aromatic heterocycles. The SMILES string of the molecule is C=CC(=O)N1CCOC2(CCN(C(=O)N(C)[C@H](C(=O)N[Si]3Cc4nc(cs4)-c4ccc5c(c4)c(c(-c4cccnc4[C@H](C)OC)n5CC)CC(C)(C)COC(=O)[C@@H]4CCCN(N4)C3=O)C(C)C)CC2)C1. The normalized spacial score (nSPS) is 20.8. The van der Waals surface area contributed by atoms with Gasteiger partial charge in [0.05, 0.1) is 53.6 Å². The molecule has 3 atom stereocenters. The summed E-state index contributed by atoms with van der Waals surface area (Å²) in [7, 11) is 0.822. The quantitative estimate of drug-likeness (QED) is 0.106. The van der Waals surface area contributed by atoms with Gasteiger partial charge in [0.1, 0.15) is 12.1 Å². The lowest BCUT2D eigenvalue weighted by Crippen LogP contribution is -2.64. The Bertz CT molecular complexity index is 2620. The van der Waals surface area contributed by atoms with E-state index in [9.17, 15) is 24.0 Å². The number of likely N-dealkylation sites (N-methyl/N-ethyl adjacent to an activating group) is 1. The second-order valence-corrected chi connectivity index (χ2v) is 23.1. The van der Waals surface area contributed by atoms with Crippen LogP contribution in [0, 0.1) is 11.3 Å². The number of carbonyl (C=O) groups is 5. The van der Waals surface area contributed by atoms with Gasteiger partial charge in [0.15, 0.2) is 0 Å². The number of aromatic nitrogens is 3. The van der Waals surface area contributed by atoms with Crippen LogP contribution < -0.4 is 10.4 Å². The number of likely N-dealkylation sites (tertiary alicyclic amines) is 1. The summed E-state index contributed by atoms with van der Waals surface area (Å²) < 4.78 is 20.5. The van der Waals surface area contributed by atoms with Gasteiger partial charge in [-0.25, -0.2) is 15.2 Å². The third-order valence-corrected chi connectivity index (χ3v) is 17.4. The van der Waals surface area contributed by atoms with E-state index in [0.29, 0.717) is 83.0 Å². The number of amides is 5. The Morgan fingerprint density at radius 1 is 1.11 bits per heavy atom. The highest BCUT2D eigenvalue weighted by Gasteiger charge is 2.44. The minimum Gasteiger partial charge on any atom is -0.464 e. The first-order chi connectivity index (χ1) is 33.5. The molecule has 1 aromatic carbocycles. The number of hydrazine groups is 1. The van der Waals surface area contributed by atoms with Gasteiger partial charge in [-0.15, -0.1) is 11.3 Å². The smallest absolute Gasteiger partial charge is 0.324 e. The third kappa shape index (κ3) is 10.4. The number of pyridine rings is 1. The molecule has 3 saturated heterocycles. The first-order valence-electron chi connectivity index (χ1n) is 24.5. The molecule has 70 heavy (non-hydrogen) atoms. The standard InChI is InChI=1S/C51H68N9O8SSi/c1-10-42(61)58-24-25-68-51(30-58)18-22-57(23-19-51)48(64)56(8)44(32(3)4)46(62)55-70-29-41-53-39(28-69-41)34-16-17-40-36(26-34)37(45(59(40)11-2)35-14-12-20-52-43(35)33(5)66-9)27-50(6,7)31-67-47(63)38-15-13-21-60(54-38)49(70)65/h10,12,14,16-17,20,26,28,32-33,38,44,54H,1,11,13,15,18-19,21-25,27,29-31H2,2-9H3,(H,55,62)/t33-,38-,44-/m0/s1. The van der Waals surface area contributed by atoms with Crippen molar-refractivity contribution in [1.82, 2.24) is 44.7 Å². The van der Waals surface area contributed by atoms with Crippen LogP contribution in [-0.4, -0.2) is 150 Å². The number of morpholine rings is 1. The van der Waals surface area contributed by atoms with Crippen LogP contribution in [0.15, 0.2) is 54.6 Å². The maximum Gasteiger partial charge on any atom is 0.324 e. The average molecular weight is 995 g/mol. The lowest BCUT2D eigenvalue weighted by atomic mass is 9.84. The van der Waals surface area contributed by atoms with Crippen LogP contribution in [0.25, 0.3) is 33.4 Å². The Kier molecular flexibility index (Phi) is 15.3. The molecule has 8 rings (SSSR count). The van der Waals surface area contributed by atoms with Gasteiger partial charge in [0.2, 0.25) is 17.3 Å². The number of esters is 1. The van der Waals surface area contributed by atoms with Crippen molar-refractivity contribution in [3.05, 3.63) is 70.8 Å². The summed E-state index contributed by atoms with van der Waals surface area (Å²) >= 11 is 1.44. The van der Waals surface area contributed by atoms with E-state index in [-0.39, 0.29) is 42.1 Å². The number of methoxy groups -OCH3 is 1. The summed E-state index contributed by atoms with van der Waals surface area (Å²) in [4.78, 5) is 88.1. The van der Waals surface area contributed by atoms with Gasteiger partial charge in [-0.3, -0.25) is 29.2 Å². The molecule has 5 amide bonds. The molecule has 0 aliphatic carbocycles. The number of cyclic esters (lactones) is 1. The number of rotatable bonds is 9. The first-order valence-corrected chi connectivity index (χ1v) is 27.1. The molecule has 3 fully saturated rings. The first kappa shape index (κ1) is 50.9. The Morgan fingerprint density at radius 3 is 2.60 bits per heavy atom. The zero-order valence-electron chi connectivity index (χ0n) is 41.8. The van der Waals surface area contributed by atoms with Crippen LogP contribution in [0.3, 0.4) is 0 Å². The van der Waals surface area contributed by atoms with Gasteiger partial charge in [-0.1, -0.05) is 40.3 Å². The molecule has 0 unspecified atom stereocenters. The Balaban J connectivity index is 1.10. The molecule has 17 nitrogen and oxygen atoms in total. The second kappa shape index (κ2) is 21.1. The van der Waals surface area contributed by atoms with Gasteiger partial charge >= 0.3 is 12.0 Å². The van der Waals surface area contributed by atoms with Crippen molar-refractivity contribution in [2.75, 3.05) is 60.1 Å². The average Bonchev–Trinajstić information content (AvgIpc) is 3.95. The summed E-state index contributed by atoms with van der Waals surface area (Å²) in [6.45, 7) is 19.0. The number of nitrogens with one attached hydrogen (secondary N) is 2. The van der Waals surface area contributed by atoms with Crippen LogP contribution >= 0.6 is 11.3 Å². The van der Waals surface area contributed by atoms with Crippen molar-refractivity contribution in [1.29, 1.82) is 0 Å². The molecule has 1 spiro atoms. The maximum atomic E-state index is 14.8. The number of benzene rings is 1. The lowest BCUT2D eigenvalue weighted by Gasteiger charge is -2.47. The van der Waals surface area contributed by atoms with E-state index in [1.165, 1.54) is 27.3 Å². The monoisotopic (exact) mass is 994 g/mol. The van der Waals surface area contributed by atoms with Crippen molar-refractivity contribution < 1.29 is 38.2 Å². The molecule has 4 aliphatic heterocycles. The van der Waals surface area contributed by atoms with E-state index < -0.39 is 43.9 Å². The number of ether oxygens (including phenoxy) is 3. The fraction of sp³-hybridized carbons (Fsp3) is 0.549. The highest BCUT2D eigenvalue weighted by atomic mass is 32.1. The zero-order chi connectivity index (χ0) is 50.1. The van der Waals surface area contributed by atoms with Gasteiger partial charge in [-0.05, 0) is 87.8 Å². The van der Waals surface area contributed by atoms with Crippen molar-refractivity contribution in [2.45, 2.75) is 110 Å². The van der Waals surface area contributed by atoms with Crippen molar-refractivity contribution in [2.24, 2.45) is 11.3 Å². The van der Waals surface area contributed by atoms with Crippen LogP contribution in [0.1, 0.15) is 89.6 Å². The van der Waals surface area contributed by atoms with E-state index in [2.05, 4.69) is 66.6 Å². The molecule has 2 N–H and O–H groups in total. The third-order valence-electron chi connectivity index (χ3n) is 14.3. The topological polar surface area (TPSA) is 181 Å². The van der Waals surface area contributed by atoms with E-state index in [1.54, 1.807) is 30.2 Å². The summed E-state index contributed by atoms with van der Waals surface area (Å²) in [5.41, 5.74) is 8.48. The minimum absolute atomic E-state index is 0.134. The molecule has 19 heteroatoms. The molecule has 1 radical (unpaired) electrons. The van der Waals surface area contributed by atoms with Crippen molar-refractivity contribution >= 4 is 60.5 Å². The highest BCUT2D eigenvalue weighted by molar-refractivity contribution is 7.10. The Hall–Kier alpha value is -5.47. The van der Waals surface area contributed by atoms with Crippen LogP contribution in [0.2, 0.25) is 0 Å². The predicted octanol–water partition coefficient (Wildman–Crippen LogP) is 6.50. The second-order valence-electron chi connectivity index (χ2n) is 20.2. The van der Waals surface area contributed by atoms with Crippen molar-refractivity contribution in [3.63, 3.8) is 0 Å². The van der Waals surface area contributed by atoms with E-state index in [1.807, 2.05) is 32.2 Å².